The van der Waals surface area contributed by atoms with Crippen molar-refractivity contribution >= 4 is 113 Å². The largest absolute Gasteiger partial charge is 0.389 e. The number of hydrogen-bond acceptors (Lipinski definition) is 8. The maximum atomic E-state index is 13.1. The number of carbonyl (C=O) groups is 2. The number of aryl methyl sites for hydroxylation is 2. The number of unbranched alkanes of at least 4 members (excludes halogenated alkanes) is 4. The van der Waals surface area contributed by atoms with Gasteiger partial charge in [-0.25, -0.2) is 4.79 Å². The molecule has 0 bridgehead atoms. The second-order valence-electron chi connectivity index (χ2n) is 18.1. The molecule has 8 heteroatoms. The van der Waals surface area contributed by atoms with Crippen LogP contribution in [0.5, 0.6) is 0 Å². The van der Waals surface area contributed by atoms with Gasteiger partial charge in [-0.05, 0) is 166 Å². The Morgan fingerprint density at radius 2 is 1.04 bits per heavy atom. The summed E-state index contributed by atoms with van der Waals surface area (Å²) in [6.07, 6.45) is 12.6. The fourth-order valence-corrected chi connectivity index (χ4v) is 14.8. The molecule has 0 N–H and O–H groups in total. The monoisotopic (exact) mass is 959 g/mol. The first-order valence-electron chi connectivity index (χ1n) is 24.0. The zero-order valence-corrected chi connectivity index (χ0v) is 41.4. The topological polar surface area (TPSA) is 46.6 Å². The quantitative estimate of drug-likeness (QED) is 0.0338. The molecule has 12 rings (SSSR count). The van der Waals surface area contributed by atoms with Gasteiger partial charge in [0.25, 0.3) is 0 Å². The Morgan fingerprint density at radius 1 is 0.515 bits per heavy atom. The molecule has 5 heterocycles. The summed E-state index contributed by atoms with van der Waals surface area (Å²) in [5.74, 6) is -1.49. The maximum Gasteiger partial charge on any atom is 0.346 e. The van der Waals surface area contributed by atoms with Crippen molar-refractivity contribution in [2.45, 2.75) is 77.6 Å². The highest BCUT2D eigenvalue weighted by molar-refractivity contribution is 7.24. The number of anilines is 3. The van der Waals surface area contributed by atoms with Crippen molar-refractivity contribution in [3.8, 4) is 40.4 Å². The van der Waals surface area contributed by atoms with E-state index in [-0.39, 0.29) is 0 Å². The smallest absolute Gasteiger partial charge is 0.346 e. The van der Waals surface area contributed by atoms with Crippen molar-refractivity contribution < 1.29 is 14.3 Å². The number of rotatable bonds is 15. The van der Waals surface area contributed by atoms with Crippen LogP contribution in [0.15, 0.2) is 140 Å². The first-order valence-corrected chi connectivity index (χ1v) is 27.3. The normalized spacial score (nSPS) is 14.3. The zero-order valence-electron chi connectivity index (χ0n) is 38.1. The van der Waals surface area contributed by atoms with Crippen LogP contribution in [0.2, 0.25) is 0 Å². The van der Waals surface area contributed by atoms with Crippen LogP contribution < -0.4 is 10.1 Å². The highest BCUT2D eigenvalue weighted by Gasteiger charge is 2.38. The predicted molar refractivity (Wildman–Crippen MR) is 291 cm³/mol. The van der Waals surface area contributed by atoms with Gasteiger partial charge in [0.15, 0.2) is 0 Å². The summed E-state index contributed by atoms with van der Waals surface area (Å²) in [5, 5.41) is 7.66. The molecule has 0 radical (unpaired) electrons. The molecule has 10 aromatic rings. The van der Waals surface area contributed by atoms with E-state index in [2.05, 4.69) is 152 Å². The van der Waals surface area contributed by atoms with Gasteiger partial charge in [0.1, 0.15) is 0 Å². The molecule has 0 spiro atoms. The van der Waals surface area contributed by atoms with E-state index < -0.39 is 17.9 Å². The summed E-state index contributed by atoms with van der Waals surface area (Å²) >= 11 is 7.60. The minimum atomic E-state index is -0.556. The van der Waals surface area contributed by atoms with Crippen molar-refractivity contribution in [1.29, 1.82) is 0 Å². The van der Waals surface area contributed by atoms with Gasteiger partial charge in [0.05, 0.1) is 17.2 Å². The third-order valence-corrected chi connectivity index (χ3v) is 18.8. The first kappa shape index (κ1) is 43.1. The minimum Gasteiger partial charge on any atom is -0.389 e. The number of fused-ring (bicyclic) bond motifs is 2. The van der Waals surface area contributed by atoms with Gasteiger partial charge in [-0.2, -0.15) is 0 Å². The van der Waals surface area contributed by atoms with Crippen LogP contribution in [0.4, 0.5) is 17.1 Å². The van der Waals surface area contributed by atoms with E-state index in [0.717, 1.165) is 67.6 Å². The molecule has 68 heavy (non-hydrogen) atoms. The molecule has 1 aliphatic carbocycles. The number of cyclic esters (lactones) is 2. The Balaban J connectivity index is 0.938. The van der Waals surface area contributed by atoms with E-state index in [1.165, 1.54) is 94.1 Å². The van der Waals surface area contributed by atoms with Crippen molar-refractivity contribution in [2.24, 2.45) is 0 Å². The maximum absolute atomic E-state index is 13.1. The van der Waals surface area contributed by atoms with Crippen LogP contribution in [-0.2, 0) is 22.4 Å². The van der Waals surface area contributed by atoms with Gasteiger partial charge in [0, 0.05) is 55.8 Å². The second-order valence-corrected chi connectivity index (χ2v) is 22.6. The summed E-state index contributed by atoms with van der Waals surface area (Å²) in [7, 11) is 0. The Labute approximate surface area is 412 Å². The number of nitrogens with zero attached hydrogens (tertiary/aromatic N) is 1. The molecule has 1 atom stereocenters. The Morgan fingerprint density at radius 3 is 1.65 bits per heavy atom. The molecule has 336 valence electrons. The standard InChI is InChI=1S/C60H49NO3S4/c1-3-5-7-10-40-22-30-52(65-40)54-34-32-50(67-54)36-14-18-38(19-15-36)61(39-20-16-37(17-21-39)51-33-35-55(68-51)53-31-23-41(66-53)11-8-6-4-2)49-29-28-43-45-25-27-48-58-47(59(62)64-60(48)63)26-24-44(57(45)58)42-12-9-13-46(49)56(42)43/h9,12-25,27-35,47H,3-8,10-11,26H2,1-2H3. The second kappa shape index (κ2) is 18.1. The van der Waals surface area contributed by atoms with Crippen molar-refractivity contribution in [3.05, 3.63) is 166 Å². The van der Waals surface area contributed by atoms with E-state index in [1.54, 1.807) is 0 Å². The first-order chi connectivity index (χ1) is 33.4. The molecule has 4 nitrogen and oxygen atoms in total. The number of esters is 2. The summed E-state index contributed by atoms with van der Waals surface area (Å²) in [4.78, 5) is 39.3. The van der Waals surface area contributed by atoms with Crippen LogP contribution in [0, 0.1) is 0 Å². The van der Waals surface area contributed by atoms with Gasteiger partial charge in [-0.15, -0.1) is 45.3 Å². The minimum absolute atomic E-state index is 0.458. The molecule has 1 unspecified atom stereocenters. The van der Waals surface area contributed by atoms with Crippen LogP contribution in [0.1, 0.15) is 90.4 Å². The molecule has 0 fully saturated rings. The Hall–Kier alpha value is -6.16. The predicted octanol–water partition coefficient (Wildman–Crippen LogP) is 17.7. The van der Waals surface area contributed by atoms with Gasteiger partial charge < -0.3 is 9.64 Å². The summed E-state index contributed by atoms with van der Waals surface area (Å²) < 4.78 is 5.21. The van der Waals surface area contributed by atoms with Gasteiger partial charge >= 0.3 is 11.9 Å². The van der Waals surface area contributed by atoms with Crippen LogP contribution in [0.25, 0.3) is 78.8 Å². The average molecular weight is 960 g/mol. The van der Waals surface area contributed by atoms with E-state index in [4.69, 9.17) is 4.74 Å². The fraction of sp³-hybridized carbons (Fsp3) is 0.200. The number of benzene rings is 6. The highest BCUT2D eigenvalue weighted by atomic mass is 32.1. The van der Waals surface area contributed by atoms with Crippen molar-refractivity contribution in [3.63, 3.8) is 0 Å². The van der Waals surface area contributed by atoms with Gasteiger partial charge in [-0.3, -0.25) is 4.79 Å². The van der Waals surface area contributed by atoms with E-state index in [1.807, 2.05) is 57.5 Å². The van der Waals surface area contributed by atoms with Crippen molar-refractivity contribution in [1.82, 2.24) is 0 Å². The van der Waals surface area contributed by atoms with Crippen molar-refractivity contribution in [2.75, 3.05) is 4.90 Å². The average Bonchev–Trinajstić information content (AvgIpc) is 4.22. The number of ether oxygens (including phenoxy) is 1. The molecule has 0 amide bonds. The lowest BCUT2D eigenvalue weighted by Crippen LogP contribution is -2.31. The Bertz CT molecular complexity index is 3480. The molecular formula is C60H49NO3S4. The van der Waals surface area contributed by atoms with Gasteiger partial charge in [-0.1, -0.05) is 100 Å². The lowest BCUT2D eigenvalue weighted by Gasteiger charge is -2.29. The molecule has 6 aromatic carbocycles. The highest BCUT2D eigenvalue weighted by Crippen LogP contribution is 2.47. The van der Waals surface area contributed by atoms with Crippen LogP contribution >= 0.6 is 45.3 Å². The SMILES string of the molecule is CCCCCc1ccc(-c2ccc(-c3ccc(N(c4ccc(-c5ccc(-c6ccc(CCCCC)s6)s5)cc4)c4ccc5c6ccc7c8c6c(c6cccc4c65)=CCC8C(=O)OC7=O)cc3)s2)s1. The summed E-state index contributed by atoms with van der Waals surface area (Å²) in [6, 6.07) is 51.4. The molecule has 0 saturated heterocycles. The summed E-state index contributed by atoms with van der Waals surface area (Å²) in [6.45, 7) is 4.53. The molecule has 2 aliphatic rings. The van der Waals surface area contributed by atoms with Crippen LogP contribution in [0.3, 0.4) is 0 Å². The van der Waals surface area contributed by atoms with Gasteiger partial charge in [0.2, 0.25) is 0 Å². The number of carbonyl (C=O) groups excluding carboxylic acids is 2. The number of thiophene rings is 4. The zero-order chi connectivity index (χ0) is 45.9. The fourth-order valence-electron chi connectivity index (χ4n) is 10.5. The third-order valence-electron chi connectivity index (χ3n) is 13.9. The lowest BCUT2D eigenvalue weighted by atomic mass is 9.79. The van der Waals surface area contributed by atoms with E-state index >= 15 is 0 Å². The Kier molecular flexibility index (Phi) is 11.5. The van der Waals surface area contributed by atoms with Crippen LogP contribution in [-0.4, -0.2) is 11.9 Å². The molecular weight excluding hydrogens is 911 g/mol. The molecule has 4 aromatic heterocycles. The summed E-state index contributed by atoms with van der Waals surface area (Å²) in [5.41, 5.74) is 6.94. The third kappa shape index (κ3) is 7.62. The molecule has 0 saturated carbocycles. The number of hydrogen-bond donors (Lipinski definition) is 0. The van der Waals surface area contributed by atoms with E-state index in [0.29, 0.717) is 12.0 Å². The molecule has 1 aliphatic heterocycles. The van der Waals surface area contributed by atoms with E-state index in [9.17, 15) is 9.59 Å². The lowest BCUT2D eigenvalue weighted by molar-refractivity contribution is -0.140.